The predicted molar refractivity (Wildman–Crippen MR) is 249 cm³/mol. The van der Waals surface area contributed by atoms with Gasteiger partial charge in [-0.3, -0.25) is 0 Å². The first-order valence-electron chi connectivity index (χ1n) is 20.5. The minimum absolute atomic E-state index is 0.0470. The smallest absolute Gasteiger partial charge is 0.0541 e. The van der Waals surface area contributed by atoms with E-state index >= 15 is 0 Å². The van der Waals surface area contributed by atoms with Gasteiger partial charge < -0.3 is 9.47 Å². The van der Waals surface area contributed by atoms with Gasteiger partial charge in [-0.2, -0.15) is 0 Å². The highest BCUT2D eigenvalue weighted by atomic mass is 15.1. The van der Waals surface area contributed by atoms with Gasteiger partial charge in [-0.1, -0.05) is 166 Å². The molecule has 0 radical (unpaired) electrons. The Balaban J connectivity index is 0.982. The number of fused-ring (bicyclic) bond motifs is 6. The summed E-state index contributed by atoms with van der Waals surface area (Å²) in [5.41, 5.74) is 19.5. The topological polar surface area (TPSA) is 8.17 Å². The summed E-state index contributed by atoms with van der Waals surface area (Å²) >= 11 is 0. The summed E-state index contributed by atoms with van der Waals surface area (Å²) in [6, 6.07) is 79.8. The van der Waals surface area contributed by atoms with Crippen molar-refractivity contribution in [3.05, 3.63) is 230 Å². The summed E-state index contributed by atoms with van der Waals surface area (Å²) in [5.74, 6) is 0. The van der Waals surface area contributed by atoms with E-state index in [4.69, 9.17) is 0 Å². The monoisotopic (exact) mass is 754 g/mol. The number of benzene rings is 9. The van der Waals surface area contributed by atoms with Crippen LogP contribution in [0.25, 0.3) is 72.0 Å². The molecule has 0 amide bonds. The van der Waals surface area contributed by atoms with Crippen molar-refractivity contribution in [1.29, 1.82) is 0 Å². The van der Waals surface area contributed by atoms with Gasteiger partial charge in [0, 0.05) is 38.9 Å². The molecule has 11 rings (SSSR count). The number of rotatable bonds is 7. The third-order valence-corrected chi connectivity index (χ3v) is 12.4. The van der Waals surface area contributed by atoms with E-state index in [1.165, 1.54) is 77.4 Å². The second kappa shape index (κ2) is 13.9. The molecule has 10 aromatic rings. The molecule has 0 unspecified atom stereocenters. The lowest BCUT2D eigenvalue weighted by Crippen LogP contribution is -2.15. The Morgan fingerprint density at radius 1 is 0.339 bits per heavy atom. The lowest BCUT2D eigenvalue weighted by Gasteiger charge is -2.27. The van der Waals surface area contributed by atoms with Crippen LogP contribution >= 0.6 is 0 Å². The lowest BCUT2D eigenvalue weighted by atomic mass is 9.82. The molecule has 0 aliphatic heterocycles. The van der Waals surface area contributed by atoms with Gasteiger partial charge in [-0.05, 0) is 122 Å². The average Bonchev–Trinajstić information content (AvgIpc) is 3.75. The van der Waals surface area contributed by atoms with Gasteiger partial charge in [0.2, 0.25) is 0 Å². The Hall–Kier alpha value is -7.42. The molecule has 280 valence electrons. The number of aromatic nitrogens is 1. The zero-order valence-electron chi connectivity index (χ0n) is 33.2. The fraction of sp³-hybridized carbons (Fsp3) is 0.0526. The van der Waals surface area contributed by atoms with Crippen LogP contribution in [0.15, 0.2) is 218 Å². The van der Waals surface area contributed by atoms with Crippen LogP contribution in [0.3, 0.4) is 0 Å². The van der Waals surface area contributed by atoms with E-state index in [9.17, 15) is 0 Å². The highest BCUT2D eigenvalue weighted by molar-refractivity contribution is 6.10. The zero-order valence-corrected chi connectivity index (χ0v) is 33.2. The van der Waals surface area contributed by atoms with E-state index in [0.717, 1.165) is 22.7 Å². The summed E-state index contributed by atoms with van der Waals surface area (Å²) in [6.07, 6.45) is 0. The highest BCUT2D eigenvalue weighted by Gasteiger charge is 2.35. The van der Waals surface area contributed by atoms with Crippen molar-refractivity contribution in [2.45, 2.75) is 19.3 Å². The lowest BCUT2D eigenvalue weighted by molar-refractivity contribution is 0.660. The Kier molecular flexibility index (Phi) is 8.20. The molecular weight excluding hydrogens is 713 g/mol. The van der Waals surface area contributed by atoms with Crippen LogP contribution < -0.4 is 4.90 Å². The maximum Gasteiger partial charge on any atom is 0.0541 e. The van der Waals surface area contributed by atoms with Crippen LogP contribution in [0.2, 0.25) is 0 Å². The van der Waals surface area contributed by atoms with Crippen molar-refractivity contribution in [3.8, 4) is 50.2 Å². The first-order valence-corrected chi connectivity index (χ1v) is 20.5. The van der Waals surface area contributed by atoms with Crippen molar-refractivity contribution in [1.82, 2.24) is 4.57 Å². The molecule has 0 saturated carbocycles. The quantitative estimate of drug-likeness (QED) is 0.157. The molecule has 2 heteroatoms. The molecule has 2 nitrogen and oxygen atoms in total. The van der Waals surface area contributed by atoms with Crippen LogP contribution in [0.5, 0.6) is 0 Å². The van der Waals surface area contributed by atoms with E-state index in [2.05, 4.69) is 242 Å². The second-order valence-electron chi connectivity index (χ2n) is 16.2. The van der Waals surface area contributed by atoms with Gasteiger partial charge in [-0.15, -0.1) is 0 Å². The molecule has 0 atom stereocenters. The third kappa shape index (κ3) is 5.87. The maximum absolute atomic E-state index is 2.40. The maximum atomic E-state index is 2.40. The molecule has 1 heterocycles. The minimum atomic E-state index is -0.0470. The molecule has 0 saturated heterocycles. The van der Waals surface area contributed by atoms with Crippen molar-refractivity contribution >= 4 is 38.9 Å². The molecule has 1 aliphatic carbocycles. The van der Waals surface area contributed by atoms with Gasteiger partial charge in [0.1, 0.15) is 0 Å². The normalized spacial score (nSPS) is 12.7. The van der Waals surface area contributed by atoms with Crippen LogP contribution in [0.1, 0.15) is 25.0 Å². The first kappa shape index (κ1) is 34.8. The van der Waals surface area contributed by atoms with Crippen molar-refractivity contribution in [3.63, 3.8) is 0 Å². The van der Waals surface area contributed by atoms with Crippen LogP contribution in [0, 0.1) is 0 Å². The Morgan fingerprint density at radius 2 is 0.814 bits per heavy atom. The van der Waals surface area contributed by atoms with Gasteiger partial charge in [-0.25, -0.2) is 0 Å². The Morgan fingerprint density at radius 3 is 1.47 bits per heavy atom. The largest absolute Gasteiger partial charge is 0.310 e. The number of hydrogen-bond donors (Lipinski definition) is 0. The standard InChI is InChI=1S/C57H42N2/c1-57(2)53-19-11-9-17-49(53)51-38-48(34-35-54(51)57)58(45-28-21-41(22-29-45)39-13-5-3-6-14-39)46-30-25-43(26-31-46)44-27-36-56-52(37-44)50-18-10-12-20-55(50)59(56)47-32-23-42(24-33-47)40-15-7-4-8-16-40/h3-38H,1-2H3. The van der Waals surface area contributed by atoms with Crippen molar-refractivity contribution in [2.75, 3.05) is 4.90 Å². The Labute approximate surface area is 345 Å². The third-order valence-electron chi connectivity index (χ3n) is 12.4. The first-order chi connectivity index (χ1) is 29.0. The number of anilines is 3. The summed E-state index contributed by atoms with van der Waals surface area (Å²) in [4.78, 5) is 2.40. The highest BCUT2D eigenvalue weighted by Crippen LogP contribution is 2.50. The molecule has 0 N–H and O–H groups in total. The van der Waals surface area contributed by atoms with Crippen LogP contribution in [-0.2, 0) is 5.41 Å². The van der Waals surface area contributed by atoms with Gasteiger partial charge in [0.05, 0.1) is 11.0 Å². The fourth-order valence-electron chi connectivity index (χ4n) is 9.40. The molecule has 0 spiro atoms. The van der Waals surface area contributed by atoms with E-state index in [1.54, 1.807) is 0 Å². The molecular formula is C57H42N2. The van der Waals surface area contributed by atoms with Gasteiger partial charge in [0.15, 0.2) is 0 Å². The van der Waals surface area contributed by atoms with Crippen molar-refractivity contribution in [2.24, 2.45) is 0 Å². The predicted octanol–water partition coefficient (Wildman–Crippen LogP) is 15.6. The molecule has 0 fully saturated rings. The number of nitrogens with zero attached hydrogens (tertiary/aromatic N) is 2. The summed E-state index contributed by atoms with van der Waals surface area (Å²) < 4.78 is 2.39. The summed E-state index contributed by atoms with van der Waals surface area (Å²) in [6.45, 7) is 4.68. The van der Waals surface area contributed by atoms with Gasteiger partial charge >= 0.3 is 0 Å². The fourth-order valence-corrected chi connectivity index (χ4v) is 9.40. The average molecular weight is 755 g/mol. The van der Waals surface area contributed by atoms with Gasteiger partial charge in [0.25, 0.3) is 0 Å². The molecule has 9 aromatic carbocycles. The molecule has 1 aliphatic rings. The Bertz CT molecular complexity index is 3140. The SMILES string of the molecule is CC1(C)c2ccccc2-c2cc(N(c3ccc(-c4ccccc4)cc3)c3ccc(-c4ccc5c(c4)c4ccccc4n5-c4ccc(-c5ccccc5)cc4)cc3)ccc21. The minimum Gasteiger partial charge on any atom is -0.310 e. The van der Waals surface area contributed by atoms with E-state index in [1.807, 2.05) is 0 Å². The van der Waals surface area contributed by atoms with E-state index in [0.29, 0.717) is 0 Å². The molecule has 1 aromatic heterocycles. The second-order valence-corrected chi connectivity index (χ2v) is 16.2. The molecule has 59 heavy (non-hydrogen) atoms. The van der Waals surface area contributed by atoms with Crippen LogP contribution in [-0.4, -0.2) is 4.57 Å². The number of hydrogen-bond acceptors (Lipinski definition) is 1. The van der Waals surface area contributed by atoms with Crippen molar-refractivity contribution < 1.29 is 0 Å². The van der Waals surface area contributed by atoms with E-state index in [-0.39, 0.29) is 5.41 Å². The number of para-hydroxylation sites is 1. The zero-order chi connectivity index (χ0) is 39.5. The van der Waals surface area contributed by atoms with Crippen LogP contribution in [0.4, 0.5) is 17.1 Å². The molecule has 0 bridgehead atoms. The van der Waals surface area contributed by atoms with E-state index < -0.39 is 0 Å². The summed E-state index contributed by atoms with van der Waals surface area (Å²) in [5, 5.41) is 2.50. The summed E-state index contributed by atoms with van der Waals surface area (Å²) in [7, 11) is 0.